The number of rotatable bonds is 7. The molecule has 0 saturated heterocycles. The van der Waals surface area contributed by atoms with Crippen molar-refractivity contribution in [3.8, 4) is 0 Å². The van der Waals surface area contributed by atoms with Crippen LogP contribution in [-0.4, -0.2) is 26.2 Å². The molecule has 0 fully saturated rings. The second-order valence-corrected chi connectivity index (χ2v) is 4.31. The van der Waals surface area contributed by atoms with Crippen LogP contribution in [0.5, 0.6) is 0 Å². The molecule has 1 aromatic rings. The van der Waals surface area contributed by atoms with Gasteiger partial charge < -0.3 is 10.1 Å². The van der Waals surface area contributed by atoms with Crippen molar-refractivity contribution in [1.82, 2.24) is 5.32 Å². The number of thiol groups is 1. The van der Waals surface area contributed by atoms with Crippen molar-refractivity contribution in [1.29, 1.82) is 0 Å². The third kappa shape index (κ3) is 5.24. The number of carbonyl (C=O) groups is 1. The third-order valence-electron chi connectivity index (χ3n) is 2.46. The zero-order valence-electron chi connectivity index (χ0n) is 10.1. The van der Waals surface area contributed by atoms with E-state index in [-0.39, 0.29) is 5.91 Å². The Morgan fingerprint density at radius 2 is 2.06 bits per heavy atom. The zero-order chi connectivity index (χ0) is 12.5. The Labute approximate surface area is 108 Å². The lowest BCUT2D eigenvalue weighted by Crippen LogP contribution is -2.24. The van der Waals surface area contributed by atoms with Crippen LogP contribution >= 0.6 is 12.6 Å². The largest absolute Gasteiger partial charge is 0.385 e. The maximum Gasteiger partial charge on any atom is 0.252 e. The number of benzene rings is 1. The molecular weight excluding hydrogens is 234 g/mol. The van der Waals surface area contributed by atoms with Crippen molar-refractivity contribution in [3.63, 3.8) is 0 Å². The summed E-state index contributed by atoms with van der Waals surface area (Å²) in [5.41, 5.74) is 0.632. The lowest BCUT2D eigenvalue weighted by Gasteiger charge is -2.06. The summed E-state index contributed by atoms with van der Waals surface area (Å²) in [4.78, 5) is 12.5. The first-order valence-electron chi connectivity index (χ1n) is 5.81. The first-order chi connectivity index (χ1) is 8.25. The number of carbonyl (C=O) groups excluding carboxylic acids is 1. The van der Waals surface area contributed by atoms with Crippen LogP contribution in [0.2, 0.25) is 0 Å². The molecule has 0 heterocycles. The second kappa shape index (κ2) is 8.14. The molecule has 4 heteroatoms. The summed E-state index contributed by atoms with van der Waals surface area (Å²) in [6.45, 7) is 1.48. The zero-order valence-corrected chi connectivity index (χ0v) is 11.0. The summed E-state index contributed by atoms with van der Waals surface area (Å²) in [5.74, 6) is -0.0534. The smallest absolute Gasteiger partial charge is 0.252 e. The fraction of sp³-hybridized carbons (Fsp3) is 0.462. The highest BCUT2D eigenvalue weighted by atomic mass is 32.1. The molecule has 1 amide bonds. The average molecular weight is 253 g/mol. The van der Waals surface area contributed by atoms with Gasteiger partial charge >= 0.3 is 0 Å². The standard InChI is InChI=1S/C13H19NO2S/c1-16-10-6-2-5-9-14-13(15)11-7-3-4-8-12(11)17/h3-4,7-8,17H,2,5-6,9-10H2,1H3,(H,14,15). The second-order valence-electron chi connectivity index (χ2n) is 3.83. The van der Waals surface area contributed by atoms with E-state index in [1.54, 1.807) is 13.2 Å². The summed E-state index contributed by atoms with van der Waals surface area (Å²) >= 11 is 4.25. The Hall–Kier alpha value is -1.00. The van der Waals surface area contributed by atoms with E-state index in [0.29, 0.717) is 17.0 Å². The van der Waals surface area contributed by atoms with Gasteiger partial charge in [0.25, 0.3) is 5.91 Å². The van der Waals surface area contributed by atoms with E-state index in [0.717, 1.165) is 25.9 Å². The van der Waals surface area contributed by atoms with Crippen molar-refractivity contribution in [3.05, 3.63) is 29.8 Å². The molecule has 0 radical (unpaired) electrons. The maximum atomic E-state index is 11.8. The number of ether oxygens (including phenoxy) is 1. The minimum Gasteiger partial charge on any atom is -0.385 e. The fourth-order valence-electron chi connectivity index (χ4n) is 1.51. The molecule has 0 spiro atoms. The number of hydrogen-bond acceptors (Lipinski definition) is 3. The Morgan fingerprint density at radius 3 is 2.76 bits per heavy atom. The number of hydrogen-bond donors (Lipinski definition) is 2. The molecule has 0 aliphatic heterocycles. The maximum absolute atomic E-state index is 11.8. The van der Waals surface area contributed by atoms with Gasteiger partial charge in [0, 0.05) is 25.2 Å². The van der Waals surface area contributed by atoms with E-state index in [2.05, 4.69) is 17.9 Å². The van der Waals surface area contributed by atoms with E-state index in [9.17, 15) is 4.79 Å². The molecule has 0 bridgehead atoms. The normalized spacial score (nSPS) is 10.2. The van der Waals surface area contributed by atoms with Crippen LogP contribution in [0, 0.1) is 0 Å². The van der Waals surface area contributed by atoms with Crippen LogP contribution in [0.4, 0.5) is 0 Å². The van der Waals surface area contributed by atoms with Crippen LogP contribution in [-0.2, 0) is 4.74 Å². The first kappa shape index (κ1) is 14.1. The van der Waals surface area contributed by atoms with Gasteiger partial charge in [-0.05, 0) is 31.4 Å². The van der Waals surface area contributed by atoms with E-state index < -0.39 is 0 Å². The van der Waals surface area contributed by atoms with Crippen LogP contribution in [0.15, 0.2) is 29.2 Å². The predicted molar refractivity (Wildman–Crippen MR) is 71.8 cm³/mol. The summed E-state index contributed by atoms with van der Waals surface area (Å²) in [7, 11) is 1.70. The molecule has 3 nitrogen and oxygen atoms in total. The van der Waals surface area contributed by atoms with Gasteiger partial charge in [-0.2, -0.15) is 0 Å². The van der Waals surface area contributed by atoms with Gasteiger partial charge in [-0.1, -0.05) is 12.1 Å². The highest BCUT2D eigenvalue weighted by molar-refractivity contribution is 7.80. The van der Waals surface area contributed by atoms with Gasteiger partial charge in [0.2, 0.25) is 0 Å². The Kier molecular flexibility index (Phi) is 6.74. The fourth-order valence-corrected chi connectivity index (χ4v) is 1.77. The minimum absolute atomic E-state index is 0.0534. The molecule has 0 unspecified atom stereocenters. The SMILES string of the molecule is COCCCCCNC(=O)c1ccccc1S. The van der Waals surface area contributed by atoms with Crippen molar-refractivity contribution >= 4 is 18.5 Å². The average Bonchev–Trinajstić information content (AvgIpc) is 2.34. The molecule has 0 saturated carbocycles. The van der Waals surface area contributed by atoms with Crippen molar-refractivity contribution in [2.24, 2.45) is 0 Å². The lowest BCUT2D eigenvalue weighted by molar-refractivity contribution is 0.0950. The molecule has 94 valence electrons. The Balaban J connectivity index is 2.24. The van der Waals surface area contributed by atoms with Gasteiger partial charge in [0.15, 0.2) is 0 Å². The lowest BCUT2D eigenvalue weighted by atomic mass is 10.2. The van der Waals surface area contributed by atoms with E-state index in [1.807, 2.05) is 18.2 Å². The number of amides is 1. The molecule has 1 rings (SSSR count). The quantitative estimate of drug-likeness (QED) is 0.579. The van der Waals surface area contributed by atoms with E-state index >= 15 is 0 Å². The molecule has 0 aliphatic carbocycles. The highest BCUT2D eigenvalue weighted by Gasteiger charge is 2.07. The van der Waals surface area contributed by atoms with Crippen LogP contribution in [0.25, 0.3) is 0 Å². The molecular formula is C13H19NO2S. The molecule has 0 aromatic heterocycles. The number of unbranched alkanes of at least 4 members (excludes halogenated alkanes) is 2. The van der Waals surface area contributed by atoms with Crippen molar-refractivity contribution in [2.45, 2.75) is 24.2 Å². The number of methoxy groups -OCH3 is 1. The summed E-state index contributed by atoms with van der Waals surface area (Å²) in [6.07, 6.45) is 3.08. The first-order valence-corrected chi connectivity index (χ1v) is 6.25. The molecule has 17 heavy (non-hydrogen) atoms. The van der Waals surface area contributed by atoms with Crippen LogP contribution in [0.3, 0.4) is 0 Å². The van der Waals surface area contributed by atoms with Crippen LogP contribution in [0.1, 0.15) is 29.6 Å². The van der Waals surface area contributed by atoms with Gasteiger partial charge in [-0.25, -0.2) is 0 Å². The van der Waals surface area contributed by atoms with Crippen molar-refractivity contribution < 1.29 is 9.53 Å². The predicted octanol–water partition coefficient (Wildman–Crippen LogP) is 2.52. The molecule has 1 N–H and O–H groups in total. The molecule has 0 aliphatic rings. The minimum atomic E-state index is -0.0534. The summed E-state index contributed by atoms with van der Waals surface area (Å²) in [5, 5.41) is 2.89. The molecule has 1 aromatic carbocycles. The topological polar surface area (TPSA) is 38.3 Å². The van der Waals surface area contributed by atoms with E-state index in [1.165, 1.54) is 0 Å². The van der Waals surface area contributed by atoms with Crippen molar-refractivity contribution in [2.75, 3.05) is 20.3 Å². The summed E-state index contributed by atoms with van der Waals surface area (Å²) in [6, 6.07) is 7.30. The van der Waals surface area contributed by atoms with E-state index in [4.69, 9.17) is 4.74 Å². The highest BCUT2D eigenvalue weighted by Crippen LogP contribution is 2.12. The van der Waals surface area contributed by atoms with Crippen LogP contribution < -0.4 is 5.32 Å². The summed E-state index contributed by atoms with van der Waals surface area (Å²) < 4.78 is 4.96. The van der Waals surface area contributed by atoms with Gasteiger partial charge in [-0.15, -0.1) is 12.6 Å². The Morgan fingerprint density at radius 1 is 1.29 bits per heavy atom. The van der Waals surface area contributed by atoms with Gasteiger partial charge in [0.05, 0.1) is 5.56 Å². The monoisotopic (exact) mass is 253 g/mol. The van der Waals surface area contributed by atoms with Gasteiger partial charge in [-0.3, -0.25) is 4.79 Å². The molecule has 0 atom stereocenters. The number of nitrogens with one attached hydrogen (secondary N) is 1. The third-order valence-corrected chi connectivity index (χ3v) is 2.85. The Bertz CT molecular complexity index is 355. The van der Waals surface area contributed by atoms with Gasteiger partial charge in [0.1, 0.15) is 0 Å².